The number of hydrogen-bond acceptors (Lipinski definition) is 3. The van der Waals surface area contributed by atoms with Gasteiger partial charge in [-0.05, 0) is 54.1 Å². The van der Waals surface area contributed by atoms with Crippen molar-refractivity contribution < 1.29 is 9.53 Å². The summed E-state index contributed by atoms with van der Waals surface area (Å²) in [6.07, 6.45) is 3.06. The lowest BCUT2D eigenvalue weighted by Crippen LogP contribution is -2.47. The van der Waals surface area contributed by atoms with Crippen LogP contribution in [0.15, 0.2) is 0 Å². The SMILES string of the molecule is CN(C)C1CCCC1NC(=O)OC(C)(C)C. The van der Waals surface area contributed by atoms with Crippen molar-refractivity contribution in [3.05, 3.63) is 0 Å². The van der Waals surface area contributed by atoms with Gasteiger partial charge in [-0.15, -0.1) is 0 Å². The summed E-state index contributed by atoms with van der Waals surface area (Å²) in [5.41, 5.74) is -0.420. The summed E-state index contributed by atoms with van der Waals surface area (Å²) < 4.78 is 5.26. The first-order chi connectivity index (χ1) is 7.29. The predicted molar refractivity (Wildman–Crippen MR) is 64.5 cm³/mol. The molecular formula is C12H24N2O2. The zero-order valence-corrected chi connectivity index (χ0v) is 11.0. The number of hydrogen-bond donors (Lipinski definition) is 1. The highest BCUT2D eigenvalue weighted by molar-refractivity contribution is 5.68. The highest BCUT2D eigenvalue weighted by Gasteiger charge is 2.31. The molecule has 4 nitrogen and oxygen atoms in total. The van der Waals surface area contributed by atoms with Gasteiger partial charge in [-0.25, -0.2) is 4.79 Å². The average molecular weight is 228 g/mol. The van der Waals surface area contributed by atoms with Crippen LogP contribution < -0.4 is 5.32 Å². The molecule has 0 aromatic carbocycles. The van der Waals surface area contributed by atoms with Crippen molar-refractivity contribution in [1.82, 2.24) is 10.2 Å². The Morgan fingerprint density at radius 2 is 1.94 bits per heavy atom. The van der Waals surface area contributed by atoms with Crippen molar-refractivity contribution in [3.8, 4) is 0 Å². The van der Waals surface area contributed by atoms with Crippen LogP contribution >= 0.6 is 0 Å². The quantitative estimate of drug-likeness (QED) is 0.786. The fraction of sp³-hybridized carbons (Fsp3) is 0.917. The molecule has 0 spiro atoms. The van der Waals surface area contributed by atoms with Gasteiger partial charge >= 0.3 is 6.09 Å². The average Bonchev–Trinajstić information content (AvgIpc) is 2.47. The Kier molecular flexibility index (Phi) is 4.19. The van der Waals surface area contributed by atoms with Crippen LogP contribution in [0, 0.1) is 0 Å². The topological polar surface area (TPSA) is 41.6 Å². The van der Waals surface area contributed by atoms with Crippen LogP contribution in [-0.2, 0) is 4.74 Å². The molecule has 0 heterocycles. The first-order valence-corrected chi connectivity index (χ1v) is 5.95. The van der Waals surface area contributed by atoms with Crippen molar-refractivity contribution >= 4 is 6.09 Å². The second-order valence-electron chi connectivity index (χ2n) is 5.71. The molecule has 1 rings (SSSR count). The van der Waals surface area contributed by atoms with E-state index in [1.807, 2.05) is 20.8 Å². The summed E-state index contributed by atoms with van der Waals surface area (Å²) >= 11 is 0. The largest absolute Gasteiger partial charge is 0.444 e. The number of ether oxygens (including phenoxy) is 1. The Bertz CT molecular complexity index is 246. The van der Waals surface area contributed by atoms with Crippen molar-refractivity contribution in [1.29, 1.82) is 0 Å². The number of nitrogens with one attached hydrogen (secondary N) is 1. The number of carbonyl (C=O) groups is 1. The van der Waals surface area contributed by atoms with Gasteiger partial charge in [-0.1, -0.05) is 0 Å². The Morgan fingerprint density at radius 1 is 1.31 bits per heavy atom. The molecule has 0 radical (unpaired) electrons. The van der Waals surface area contributed by atoms with Crippen molar-refractivity contribution in [2.75, 3.05) is 14.1 Å². The number of nitrogens with zero attached hydrogens (tertiary/aromatic N) is 1. The van der Waals surface area contributed by atoms with Crippen LogP contribution in [0.25, 0.3) is 0 Å². The number of amides is 1. The third kappa shape index (κ3) is 4.00. The molecule has 1 saturated carbocycles. The fourth-order valence-corrected chi connectivity index (χ4v) is 2.19. The summed E-state index contributed by atoms with van der Waals surface area (Å²) in [6, 6.07) is 0.664. The maximum atomic E-state index is 11.6. The molecule has 1 N–H and O–H groups in total. The van der Waals surface area contributed by atoms with Crippen molar-refractivity contribution in [2.24, 2.45) is 0 Å². The Balaban J connectivity index is 2.44. The highest BCUT2D eigenvalue weighted by atomic mass is 16.6. The third-order valence-electron chi connectivity index (χ3n) is 2.84. The summed E-state index contributed by atoms with van der Waals surface area (Å²) in [4.78, 5) is 13.8. The number of likely N-dealkylation sites (N-methyl/N-ethyl adjacent to an activating group) is 1. The molecule has 4 heteroatoms. The van der Waals surface area contributed by atoms with E-state index in [9.17, 15) is 4.79 Å². The van der Waals surface area contributed by atoms with Gasteiger partial charge in [-0.3, -0.25) is 0 Å². The third-order valence-corrected chi connectivity index (χ3v) is 2.84. The number of carbonyl (C=O) groups excluding carboxylic acids is 1. The smallest absolute Gasteiger partial charge is 0.407 e. The summed E-state index contributed by atoms with van der Waals surface area (Å²) in [5, 5.41) is 2.96. The number of rotatable bonds is 2. The molecule has 16 heavy (non-hydrogen) atoms. The van der Waals surface area contributed by atoms with Crippen LogP contribution in [0.2, 0.25) is 0 Å². The minimum absolute atomic E-state index is 0.227. The molecular weight excluding hydrogens is 204 g/mol. The lowest BCUT2D eigenvalue weighted by molar-refractivity contribution is 0.0485. The molecule has 1 amide bonds. The van der Waals surface area contributed by atoms with E-state index in [1.54, 1.807) is 0 Å². The minimum Gasteiger partial charge on any atom is -0.444 e. The molecule has 2 atom stereocenters. The van der Waals surface area contributed by atoms with Gasteiger partial charge < -0.3 is 15.0 Å². The highest BCUT2D eigenvalue weighted by Crippen LogP contribution is 2.22. The predicted octanol–water partition coefficient (Wildman–Crippen LogP) is 1.99. The van der Waals surface area contributed by atoms with E-state index in [-0.39, 0.29) is 12.1 Å². The maximum Gasteiger partial charge on any atom is 0.407 e. The summed E-state index contributed by atoms with van der Waals surface area (Å²) in [7, 11) is 4.11. The van der Waals surface area contributed by atoms with Gasteiger partial charge in [0, 0.05) is 12.1 Å². The first-order valence-electron chi connectivity index (χ1n) is 5.95. The van der Waals surface area contributed by atoms with E-state index < -0.39 is 5.60 Å². The molecule has 94 valence electrons. The van der Waals surface area contributed by atoms with E-state index in [0.29, 0.717) is 6.04 Å². The molecule has 1 aliphatic carbocycles. The van der Waals surface area contributed by atoms with Gasteiger partial charge in [-0.2, -0.15) is 0 Å². The van der Waals surface area contributed by atoms with E-state index in [1.165, 1.54) is 6.42 Å². The second-order valence-corrected chi connectivity index (χ2v) is 5.71. The van der Waals surface area contributed by atoms with Crippen LogP contribution in [-0.4, -0.2) is 42.8 Å². The van der Waals surface area contributed by atoms with E-state index in [2.05, 4.69) is 24.3 Å². The van der Waals surface area contributed by atoms with Crippen LogP contribution in [0.1, 0.15) is 40.0 Å². The summed E-state index contributed by atoms with van der Waals surface area (Å²) in [5.74, 6) is 0. The van der Waals surface area contributed by atoms with E-state index in [4.69, 9.17) is 4.74 Å². The van der Waals surface area contributed by atoms with Crippen LogP contribution in [0.4, 0.5) is 4.79 Å². The molecule has 1 fully saturated rings. The van der Waals surface area contributed by atoms with Crippen LogP contribution in [0.3, 0.4) is 0 Å². The molecule has 0 saturated heterocycles. The lowest BCUT2D eigenvalue weighted by atomic mass is 10.1. The number of alkyl carbamates (subject to hydrolysis) is 1. The Morgan fingerprint density at radius 3 is 2.44 bits per heavy atom. The molecule has 0 aromatic rings. The second kappa shape index (κ2) is 5.04. The Labute approximate surface area is 98.3 Å². The molecule has 0 aromatic heterocycles. The first kappa shape index (κ1) is 13.3. The minimum atomic E-state index is -0.420. The zero-order valence-electron chi connectivity index (χ0n) is 11.0. The fourth-order valence-electron chi connectivity index (χ4n) is 2.19. The van der Waals surface area contributed by atoms with Crippen molar-refractivity contribution in [3.63, 3.8) is 0 Å². The maximum absolute atomic E-state index is 11.6. The van der Waals surface area contributed by atoms with Crippen LogP contribution in [0.5, 0.6) is 0 Å². The van der Waals surface area contributed by atoms with E-state index in [0.717, 1.165) is 12.8 Å². The molecule has 0 bridgehead atoms. The lowest BCUT2D eigenvalue weighted by Gasteiger charge is -2.28. The van der Waals surface area contributed by atoms with E-state index >= 15 is 0 Å². The molecule has 2 unspecified atom stereocenters. The zero-order chi connectivity index (χ0) is 12.3. The molecule has 1 aliphatic rings. The molecule has 0 aliphatic heterocycles. The normalized spacial score (nSPS) is 25.9. The van der Waals surface area contributed by atoms with Crippen molar-refractivity contribution in [2.45, 2.75) is 57.7 Å². The summed E-state index contributed by atoms with van der Waals surface area (Å²) in [6.45, 7) is 5.64. The Hall–Kier alpha value is -0.770. The standard InChI is InChI=1S/C12H24N2O2/c1-12(2,3)16-11(15)13-9-7-6-8-10(9)14(4)5/h9-10H,6-8H2,1-5H3,(H,13,15). The van der Waals surface area contributed by atoms with Gasteiger partial charge in [0.15, 0.2) is 0 Å². The van der Waals surface area contributed by atoms with Gasteiger partial charge in [0.05, 0.1) is 0 Å². The van der Waals surface area contributed by atoms with Gasteiger partial charge in [0.2, 0.25) is 0 Å². The van der Waals surface area contributed by atoms with Gasteiger partial charge in [0.1, 0.15) is 5.60 Å². The van der Waals surface area contributed by atoms with Gasteiger partial charge in [0.25, 0.3) is 0 Å². The monoisotopic (exact) mass is 228 g/mol.